The van der Waals surface area contributed by atoms with E-state index in [-0.39, 0.29) is 51.3 Å². The quantitative estimate of drug-likeness (QED) is 0.597. The number of rotatable bonds is 4. The Morgan fingerprint density at radius 1 is 1.10 bits per heavy atom. The predicted molar refractivity (Wildman–Crippen MR) is 113 cm³/mol. The van der Waals surface area contributed by atoms with E-state index in [9.17, 15) is 30.0 Å². The topological polar surface area (TPSA) is 83.9 Å². The zero-order valence-corrected chi connectivity index (χ0v) is 18.6. The average Bonchev–Trinajstić information content (AvgIpc) is 2.67. The van der Waals surface area contributed by atoms with Gasteiger partial charge in [0.25, 0.3) is 0 Å². The van der Waals surface area contributed by atoms with Crippen LogP contribution in [-0.4, -0.2) is 52.0 Å². The first-order chi connectivity index (χ1) is 14.3. The SMILES string of the molecule is CC=Nc1cc(Cl)c(-c2ccc(S(=O)(=O)N3CCS(=O)(=O)CC3)cc2)c(C(F)(F)F)c1. The van der Waals surface area contributed by atoms with Crippen molar-refractivity contribution in [2.45, 2.75) is 18.0 Å². The summed E-state index contributed by atoms with van der Waals surface area (Å²) in [5.41, 5.74) is -1.14. The van der Waals surface area contributed by atoms with Crippen LogP contribution in [0.15, 0.2) is 46.3 Å². The highest BCUT2D eigenvalue weighted by atomic mass is 35.5. The lowest BCUT2D eigenvalue weighted by molar-refractivity contribution is -0.137. The Morgan fingerprint density at radius 3 is 2.19 bits per heavy atom. The number of alkyl halides is 3. The van der Waals surface area contributed by atoms with Crippen LogP contribution in [-0.2, 0) is 26.0 Å². The van der Waals surface area contributed by atoms with Crippen LogP contribution in [0, 0.1) is 0 Å². The predicted octanol–water partition coefficient (Wildman–Crippen LogP) is 4.17. The molecule has 1 fully saturated rings. The monoisotopic (exact) mass is 494 g/mol. The fraction of sp³-hybridized carbons (Fsp3) is 0.316. The van der Waals surface area contributed by atoms with Crippen molar-refractivity contribution in [3.63, 3.8) is 0 Å². The second-order valence-electron chi connectivity index (χ2n) is 6.82. The molecule has 12 heteroatoms. The van der Waals surface area contributed by atoms with Gasteiger partial charge in [-0.1, -0.05) is 23.7 Å². The zero-order chi connectivity index (χ0) is 23.0. The summed E-state index contributed by atoms with van der Waals surface area (Å²) in [6, 6.07) is 7.02. The van der Waals surface area contributed by atoms with Crippen molar-refractivity contribution >= 4 is 43.4 Å². The number of nitrogens with zero attached hydrogens (tertiary/aromatic N) is 2. The van der Waals surface area contributed by atoms with Gasteiger partial charge >= 0.3 is 6.18 Å². The maximum atomic E-state index is 13.6. The lowest BCUT2D eigenvalue weighted by Crippen LogP contribution is -2.43. The first-order valence-electron chi connectivity index (χ1n) is 9.05. The van der Waals surface area contributed by atoms with Gasteiger partial charge < -0.3 is 0 Å². The van der Waals surface area contributed by atoms with Crippen LogP contribution in [0.1, 0.15) is 12.5 Å². The van der Waals surface area contributed by atoms with Gasteiger partial charge in [-0.15, -0.1) is 0 Å². The highest BCUT2D eigenvalue weighted by Gasteiger charge is 2.36. The molecule has 3 rings (SSSR count). The third kappa shape index (κ3) is 5.11. The molecule has 1 aliphatic rings. The van der Waals surface area contributed by atoms with Crippen LogP contribution < -0.4 is 0 Å². The maximum Gasteiger partial charge on any atom is 0.417 e. The Hall–Kier alpha value is -1.95. The standard InChI is InChI=1S/C19H18ClF3N2O4S2/c1-2-24-14-11-16(19(21,22)23)18(17(20)12-14)13-3-5-15(6-4-13)31(28,29)25-7-9-30(26,27)10-8-25/h2-6,11-12H,7-10H2,1H3. The van der Waals surface area contributed by atoms with Gasteiger partial charge in [0, 0.05) is 24.9 Å². The van der Waals surface area contributed by atoms with E-state index in [2.05, 4.69) is 4.99 Å². The summed E-state index contributed by atoms with van der Waals surface area (Å²) < 4.78 is 90.6. The molecular formula is C19H18ClF3N2O4S2. The molecule has 6 nitrogen and oxygen atoms in total. The van der Waals surface area contributed by atoms with Crippen molar-refractivity contribution in [1.82, 2.24) is 4.31 Å². The molecule has 0 amide bonds. The molecule has 1 aliphatic heterocycles. The van der Waals surface area contributed by atoms with Gasteiger partial charge in [-0.05, 0) is 36.8 Å². The van der Waals surface area contributed by atoms with Gasteiger partial charge in [-0.3, -0.25) is 4.99 Å². The van der Waals surface area contributed by atoms with Crippen LogP contribution in [0.2, 0.25) is 5.02 Å². The van der Waals surface area contributed by atoms with Crippen molar-refractivity contribution < 1.29 is 30.0 Å². The summed E-state index contributed by atoms with van der Waals surface area (Å²) >= 11 is 6.13. The van der Waals surface area contributed by atoms with Crippen LogP contribution >= 0.6 is 11.6 Å². The van der Waals surface area contributed by atoms with Gasteiger partial charge in [0.2, 0.25) is 10.0 Å². The molecule has 0 atom stereocenters. The van der Waals surface area contributed by atoms with E-state index < -0.39 is 31.6 Å². The number of benzene rings is 2. The summed E-state index contributed by atoms with van der Waals surface area (Å²) in [6.45, 7) is 1.22. The second-order valence-corrected chi connectivity index (χ2v) is 11.5. The molecule has 1 heterocycles. The summed E-state index contributed by atoms with van der Waals surface area (Å²) in [4.78, 5) is 3.70. The number of sulfonamides is 1. The third-order valence-corrected chi connectivity index (χ3v) is 8.56. The minimum absolute atomic E-state index is 0.0443. The minimum Gasteiger partial charge on any atom is -0.261 e. The van der Waals surface area contributed by atoms with Crippen LogP contribution in [0.4, 0.5) is 18.9 Å². The summed E-state index contributed by atoms with van der Waals surface area (Å²) in [6.07, 6.45) is -3.36. The first-order valence-corrected chi connectivity index (χ1v) is 12.7. The fourth-order valence-corrected chi connectivity index (χ4v) is 6.41. The molecule has 1 saturated heterocycles. The van der Waals surface area contributed by atoms with Crippen molar-refractivity contribution in [2.75, 3.05) is 24.6 Å². The van der Waals surface area contributed by atoms with Crippen molar-refractivity contribution in [1.29, 1.82) is 0 Å². The molecule has 2 aromatic carbocycles. The Balaban J connectivity index is 2.00. The van der Waals surface area contributed by atoms with E-state index in [0.29, 0.717) is 0 Å². The Kier molecular flexibility index (Phi) is 6.52. The largest absolute Gasteiger partial charge is 0.417 e. The summed E-state index contributed by atoms with van der Waals surface area (Å²) in [5, 5.41) is -0.174. The Morgan fingerprint density at radius 2 is 1.68 bits per heavy atom. The minimum atomic E-state index is -4.71. The molecule has 168 valence electrons. The van der Waals surface area contributed by atoms with E-state index in [1.807, 2.05) is 0 Å². The Labute approximate surface area is 183 Å². The van der Waals surface area contributed by atoms with Crippen LogP contribution in [0.25, 0.3) is 11.1 Å². The molecule has 31 heavy (non-hydrogen) atoms. The summed E-state index contributed by atoms with van der Waals surface area (Å²) in [5.74, 6) is -0.553. The van der Waals surface area contributed by atoms with Gasteiger partial charge in [-0.2, -0.15) is 17.5 Å². The number of sulfone groups is 1. The smallest absolute Gasteiger partial charge is 0.261 e. The highest BCUT2D eigenvalue weighted by molar-refractivity contribution is 7.92. The highest BCUT2D eigenvalue weighted by Crippen LogP contribution is 2.43. The molecule has 0 spiro atoms. The lowest BCUT2D eigenvalue weighted by atomic mass is 9.98. The van der Waals surface area contributed by atoms with Crippen LogP contribution in [0.3, 0.4) is 0 Å². The molecule has 0 saturated carbocycles. The van der Waals surface area contributed by atoms with Crippen molar-refractivity contribution in [3.8, 4) is 11.1 Å². The van der Waals surface area contributed by atoms with Gasteiger partial charge in [0.15, 0.2) is 9.84 Å². The van der Waals surface area contributed by atoms with Crippen molar-refractivity contribution in [3.05, 3.63) is 47.0 Å². The molecule has 0 aromatic heterocycles. The number of hydrogen-bond acceptors (Lipinski definition) is 5. The molecule has 2 aromatic rings. The molecule has 0 unspecified atom stereocenters. The number of hydrogen-bond donors (Lipinski definition) is 0. The number of halogens is 4. The first kappa shape index (κ1) is 23.7. The Bertz CT molecular complexity index is 1210. The van der Waals surface area contributed by atoms with Crippen LogP contribution in [0.5, 0.6) is 0 Å². The number of aliphatic imine (C=N–C) groups is 1. The lowest BCUT2D eigenvalue weighted by Gasteiger charge is -2.26. The van der Waals surface area contributed by atoms with E-state index in [4.69, 9.17) is 11.6 Å². The van der Waals surface area contributed by atoms with Gasteiger partial charge in [0.1, 0.15) is 0 Å². The fourth-order valence-electron chi connectivity index (χ4n) is 3.21. The molecule has 0 N–H and O–H groups in total. The van der Waals surface area contributed by atoms with Gasteiger partial charge in [-0.25, -0.2) is 16.8 Å². The maximum absolute atomic E-state index is 13.6. The van der Waals surface area contributed by atoms with Gasteiger partial charge in [0.05, 0.1) is 32.7 Å². The van der Waals surface area contributed by atoms with E-state index in [0.717, 1.165) is 10.4 Å². The van der Waals surface area contributed by atoms with E-state index in [1.54, 1.807) is 6.92 Å². The normalized spacial score (nSPS) is 17.8. The molecular weight excluding hydrogens is 477 g/mol. The average molecular weight is 495 g/mol. The van der Waals surface area contributed by atoms with E-state index in [1.165, 1.54) is 36.5 Å². The zero-order valence-electron chi connectivity index (χ0n) is 16.2. The molecule has 0 radical (unpaired) electrons. The van der Waals surface area contributed by atoms with Crippen molar-refractivity contribution in [2.24, 2.45) is 4.99 Å². The molecule has 0 aliphatic carbocycles. The second kappa shape index (κ2) is 8.53. The van der Waals surface area contributed by atoms with E-state index >= 15 is 0 Å². The summed E-state index contributed by atoms with van der Waals surface area (Å²) in [7, 11) is -7.25. The molecule has 0 bridgehead atoms. The third-order valence-electron chi connectivity index (χ3n) is 4.74.